The Labute approximate surface area is 114 Å². The van der Waals surface area contributed by atoms with Crippen LogP contribution in [0.4, 0.5) is 5.69 Å². The summed E-state index contributed by atoms with van der Waals surface area (Å²) in [6.45, 7) is 3.83. The van der Waals surface area contributed by atoms with Crippen LogP contribution in [0, 0.1) is 0 Å². The van der Waals surface area contributed by atoms with Crippen LogP contribution < -0.4 is 16.4 Å². The number of hydrogen-bond acceptors (Lipinski definition) is 3. The first-order chi connectivity index (χ1) is 8.49. The predicted octanol–water partition coefficient (Wildman–Crippen LogP) is 1.02. The highest BCUT2D eigenvalue weighted by Crippen LogP contribution is 2.04. The second-order valence-corrected chi connectivity index (χ2v) is 4.72. The standard InChI is InChI=1S/C12H14BrN3O2/c1-8(13)6-15-11(17)7-16-12(18)9-2-4-10(14)5-3-9/h2-5H,1,6-7,14H2,(H,15,17)(H,16,18). The van der Waals surface area contributed by atoms with Crippen LogP contribution in [0.5, 0.6) is 0 Å². The third-order valence-electron chi connectivity index (χ3n) is 2.06. The van der Waals surface area contributed by atoms with Gasteiger partial charge in [0.05, 0.1) is 6.54 Å². The Bertz CT molecular complexity index is 457. The minimum atomic E-state index is -0.317. The van der Waals surface area contributed by atoms with Crippen molar-refractivity contribution in [2.24, 2.45) is 0 Å². The zero-order valence-electron chi connectivity index (χ0n) is 9.70. The summed E-state index contributed by atoms with van der Waals surface area (Å²) in [5, 5.41) is 5.08. The molecule has 4 N–H and O–H groups in total. The number of carbonyl (C=O) groups excluding carboxylic acids is 2. The molecule has 6 heteroatoms. The molecule has 0 aliphatic heterocycles. The Morgan fingerprint density at radius 2 is 1.78 bits per heavy atom. The molecule has 96 valence electrons. The van der Waals surface area contributed by atoms with Gasteiger partial charge < -0.3 is 16.4 Å². The Balaban J connectivity index is 2.39. The van der Waals surface area contributed by atoms with Gasteiger partial charge in [0, 0.05) is 22.3 Å². The molecule has 1 rings (SSSR count). The fourth-order valence-corrected chi connectivity index (χ4v) is 1.29. The molecule has 0 bridgehead atoms. The summed E-state index contributed by atoms with van der Waals surface area (Å²) < 4.78 is 0.667. The minimum Gasteiger partial charge on any atom is -0.399 e. The smallest absolute Gasteiger partial charge is 0.251 e. The quantitative estimate of drug-likeness (QED) is 0.710. The number of halogens is 1. The SMILES string of the molecule is C=C(Br)CNC(=O)CNC(=O)c1ccc(N)cc1. The summed E-state index contributed by atoms with van der Waals surface area (Å²) in [6.07, 6.45) is 0. The van der Waals surface area contributed by atoms with Gasteiger partial charge in [0.1, 0.15) is 0 Å². The summed E-state index contributed by atoms with van der Waals surface area (Å²) in [6, 6.07) is 6.46. The van der Waals surface area contributed by atoms with E-state index in [1.807, 2.05) is 0 Å². The molecule has 1 aromatic rings. The van der Waals surface area contributed by atoms with Crippen LogP contribution in [0.25, 0.3) is 0 Å². The first kappa shape index (κ1) is 14.2. The molecule has 0 fully saturated rings. The van der Waals surface area contributed by atoms with Crippen LogP contribution in [0.2, 0.25) is 0 Å². The average Bonchev–Trinajstić information content (AvgIpc) is 2.34. The van der Waals surface area contributed by atoms with E-state index < -0.39 is 0 Å². The van der Waals surface area contributed by atoms with Crippen molar-refractivity contribution in [1.82, 2.24) is 10.6 Å². The van der Waals surface area contributed by atoms with Crippen LogP contribution in [-0.2, 0) is 4.79 Å². The Kier molecular flexibility index (Phi) is 5.38. The second-order valence-electron chi connectivity index (χ2n) is 3.60. The van der Waals surface area contributed by atoms with Gasteiger partial charge in [-0.25, -0.2) is 0 Å². The lowest BCUT2D eigenvalue weighted by Crippen LogP contribution is -2.37. The number of hydrogen-bond donors (Lipinski definition) is 3. The van der Waals surface area contributed by atoms with E-state index in [0.29, 0.717) is 22.3 Å². The first-order valence-corrected chi connectivity index (χ1v) is 6.02. The molecule has 0 atom stereocenters. The first-order valence-electron chi connectivity index (χ1n) is 5.23. The number of benzene rings is 1. The van der Waals surface area contributed by atoms with Gasteiger partial charge >= 0.3 is 0 Å². The molecular weight excluding hydrogens is 298 g/mol. The summed E-state index contributed by atoms with van der Waals surface area (Å²) in [4.78, 5) is 23.0. The Morgan fingerprint density at radius 3 is 2.33 bits per heavy atom. The van der Waals surface area contributed by atoms with Crippen molar-refractivity contribution in [3.63, 3.8) is 0 Å². The summed E-state index contributed by atoms with van der Waals surface area (Å²) >= 11 is 3.12. The van der Waals surface area contributed by atoms with Crippen molar-refractivity contribution in [2.45, 2.75) is 0 Å². The molecule has 2 amide bonds. The molecule has 0 saturated carbocycles. The fourth-order valence-electron chi connectivity index (χ4n) is 1.15. The van der Waals surface area contributed by atoms with E-state index in [2.05, 4.69) is 33.1 Å². The largest absolute Gasteiger partial charge is 0.399 e. The second kappa shape index (κ2) is 6.80. The molecule has 1 aromatic carbocycles. The number of nitrogen functional groups attached to an aromatic ring is 1. The lowest BCUT2D eigenvalue weighted by Gasteiger charge is -2.06. The van der Waals surface area contributed by atoms with Gasteiger partial charge in [-0.05, 0) is 24.3 Å². The molecule has 0 aliphatic rings. The maximum atomic E-state index is 11.6. The van der Waals surface area contributed by atoms with Crippen molar-refractivity contribution in [2.75, 3.05) is 18.8 Å². The summed E-state index contributed by atoms with van der Waals surface area (Å²) in [5.41, 5.74) is 6.55. The van der Waals surface area contributed by atoms with Crippen molar-refractivity contribution in [1.29, 1.82) is 0 Å². The third kappa shape index (κ3) is 5.01. The number of nitrogens with two attached hydrogens (primary N) is 1. The molecule has 0 radical (unpaired) electrons. The van der Waals surface area contributed by atoms with Gasteiger partial charge in [0.2, 0.25) is 5.91 Å². The molecule has 0 aromatic heterocycles. The van der Waals surface area contributed by atoms with E-state index >= 15 is 0 Å². The van der Waals surface area contributed by atoms with Crippen molar-refractivity contribution in [3.05, 3.63) is 40.9 Å². The number of amides is 2. The van der Waals surface area contributed by atoms with E-state index in [1.165, 1.54) is 0 Å². The highest BCUT2D eigenvalue weighted by molar-refractivity contribution is 9.11. The van der Waals surface area contributed by atoms with Gasteiger partial charge in [-0.1, -0.05) is 22.5 Å². The summed E-state index contributed by atoms with van der Waals surface area (Å²) in [5.74, 6) is -0.595. The average molecular weight is 312 g/mol. The zero-order valence-corrected chi connectivity index (χ0v) is 11.3. The lowest BCUT2D eigenvalue weighted by molar-refractivity contribution is -0.119. The van der Waals surface area contributed by atoms with Crippen molar-refractivity contribution in [3.8, 4) is 0 Å². The molecule has 0 unspecified atom stereocenters. The molecule has 0 saturated heterocycles. The highest BCUT2D eigenvalue weighted by Gasteiger charge is 2.07. The van der Waals surface area contributed by atoms with Crippen LogP contribution in [0.1, 0.15) is 10.4 Å². The number of nitrogens with one attached hydrogen (secondary N) is 2. The third-order valence-corrected chi connectivity index (χ3v) is 2.34. The van der Waals surface area contributed by atoms with E-state index in [9.17, 15) is 9.59 Å². The Hall–Kier alpha value is -1.82. The number of rotatable bonds is 5. The summed E-state index contributed by atoms with van der Waals surface area (Å²) in [7, 11) is 0. The molecule has 0 aliphatic carbocycles. The van der Waals surface area contributed by atoms with E-state index in [0.717, 1.165) is 0 Å². The van der Waals surface area contributed by atoms with Crippen molar-refractivity contribution < 1.29 is 9.59 Å². The molecular formula is C12H14BrN3O2. The minimum absolute atomic E-state index is 0.0799. The van der Waals surface area contributed by atoms with E-state index in [-0.39, 0.29) is 18.4 Å². The van der Waals surface area contributed by atoms with Gasteiger partial charge in [-0.3, -0.25) is 9.59 Å². The van der Waals surface area contributed by atoms with Gasteiger partial charge in [0.25, 0.3) is 5.91 Å². The van der Waals surface area contributed by atoms with Crippen LogP contribution in [0.15, 0.2) is 35.3 Å². The van der Waals surface area contributed by atoms with Gasteiger partial charge in [-0.15, -0.1) is 0 Å². The molecule has 5 nitrogen and oxygen atoms in total. The lowest BCUT2D eigenvalue weighted by atomic mass is 10.2. The molecule has 0 heterocycles. The maximum Gasteiger partial charge on any atom is 0.251 e. The van der Waals surface area contributed by atoms with Crippen LogP contribution >= 0.6 is 15.9 Å². The topological polar surface area (TPSA) is 84.2 Å². The Morgan fingerprint density at radius 1 is 1.17 bits per heavy atom. The zero-order chi connectivity index (χ0) is 13.5. The maximum absolute atomic E-state index is 11.6. The van der Waals surface area contributed by atoms with Gasteiger partial charge in [-0.2, -0.15) is 0 Å². The normalized spacial score (nSPS) is 9.61. The van der Waals surface area contributed by atoms with Gasteiger partial charge in [0.15, 0.2) is 0 Å². The molecule has 18 heavy (non-hydrogen) atoms. The fraction of sp³-hybridized carbons (Fsp3) is 0.167. The monoisotopic (exact) mass is 311 g/mol. The number of carbonyl (C=O) groups is 2. The van der Waals surface area contributed by atoms with Crippen molar-refractivity contribution >= 4 is 33.4 Å². The van der Waals surface area contributed by atoms with E-state index in [4.69, 9.17) is 5.73 Å². The van der Waals surface area contributed by atoms with Crippen LogP contribution in [-0.4, -0.2) is 24.9 Å². The highest BCUT2D eigenvalue weighted by atomic mass is 79.9. The molecule has 0 spiro atoms. The number of anilines is 1. The predicted molar refractivity (Wildman–Crippen MR) is 74.3 cm³/mol. The van der Waals surface area contributed by atoms with E-state index in [1.54, 1.807) is 24.3 Å². The van der Waals surface area contributed by atoms with Crippen LogP contribution in [0.3, 0.4) is 0 Å².